The van der Waals surface area contributed by atoms with Gasteiger partial charge in [0.25, 0.3) is 0 Å². The van der Waals surface area contributed by atoms with Crippen molar-refractivity contribution in [2.45, 2.75) is 45.6 Å². The summed E-state index contributed by atoms with van der Waals surface area (Å²) >= 11 is 0. The summed E-state index contributed by atoms with van der Waals surface area (Å²) in [6.45, 7) is 4.34. The van der Waals surface area contributed by atoms with Gasteiger partial charge < -0.3 is 25.4 Å². The van der Waals surface area contributed by atoms with E-state index in [1.54, 1.807) is 25.4 Å². The number of nitrogens with zero attached hydrogens (tertiary/aromatic N) is 4. The highest BCUT2D eigenvalue weighted by Crippen LogP contribution is 2.29. The minimum Gasteiger partial charge on any atom is -0.381 e. The van der Waals surface area contributed by atoms with E-state index in [1.807, 2.05) is 44.2 Å². The van der Waals surface area contributed by atoms with Gasteiger partial charge in [-0.1, -0.05) is 5.92 Å². The van der Waals surface area contributed by atoms with Crippen LogP contribution in [-0.4, -0.2) is 64.7 Å². The number of rotatable bonds is 10. The van der Waals surface area contributed by atoms with Crippen molar-refractivity contribution < 1.29 is 23.5 Å². The number of halogens is 1. The Hall–Kier alpha value is -5.12. The largest absolute Gasteiger partial charge is 0.381 e. The number of carbonyl (C=O) groups is 2. The number of aromatic nitrogens is 4. The molecule has 0 spiro atoms. The third-order valence-electron chi connectivity index (χ3n) is 7.78. The van der Waals surface area contributed by atoms with Crippen LogP contribution in [0.5, 0.6) is 0 Å². The molecule has 12 heteroatoms. The Morgan fingerprint density at radius 3 is 2.49 bits per heavy atom. The first kappa shape index (κ1) is 33.2. The number of amides is 2. The van der Waals surface area contributed by atoms with Crippen molar-refractivity contribution in [1.82, 2.24) is 25.1 Å². The maximum atomic E-state index is 13.5. The van der Waals surface area contributed by atoms with E-state index in [-0.39, 0.29) is 43.0 Å². The normalized spacial score (nSPS) is 15.7. The van der Waals surface area contributed by atoms with Gasteiger partial charge in [-0.25, -0.2) is 19.2 Å². The highest BCUT2D eigenvalue weighted by Gasteiger charge is 2.26. The Bertz CT molecular complexity index is 1760. The van der Waals surface area contributed by atoms with Crippen LogP contribution in [0.2, 0.25) is 0 Å². The van der Waals surface area contributed by atoms with E-state index < -0.39 is 0 Å². The lowest BCUT2D eigenvalue weighted by atomic mass is 9.87. The van der Waals surface area contributed by atoms with Gasteiger partial charge in [0.15, 0.2) is 0 Å². The zero-order chi connectivity index (χ0) is 33.2. The van der Waals surface area contributed by atoms with E-state index in [0.29, 0.717) is 29.6 Å². The lowest BCUT2D eigenvalue weighted by Crippen LogP contribution is -2.32. The van der Waals surface area contributed by atoms with Gasteiger partial charge in [0, 0.05) is 37.2 Å². The minimum absolute atomic E-state index is 0.0460. The van der Waals surface area contributed by atoms with Crippen LogP contribution in [0, 0.1) is 37.4 Å². The number of methoxy groups -OCH3 is 1. The van der Waals surface area contributed by atoms with Crippen LogP contribution in [-0.2, 0) is 14.3 Å². The molecule has 2 amide bonds. The fourth-order valence-corrected chi connectivity index (χ4v) is 5.36. The van der Waals surface area contributed by atoms with E-state index >= 15 is 0 Å². The monoisotopic (exact) mass is 639 g/mol. The van der Waals surface area contributed by atoms with E-state index in [9.17, 15) is 14.0 Å². The molecular formula is C35H38FN7O4. The molecule has 3 N–H and O–H groups in total. The van der Waals surface area contributed by atoms with Crippen LogP contribution in [0.15, 0.2) is 60.8 Å². The van der Waals surface area contributed by atoms with Crippen molar-refractivity contribution in [2.24, 2.45) is 5.92 Å². The van der Waals surface area contributed by atoms with Crippen LogP contribution in [0.4, 0.5) is 26.5 Å². The molecule has 3 heterocycles. The van der Waals surface area contributed by atoms with Crippen LogP contribution < -0.4 is 16.0 Å². The summed E-state index contributed by atoms with van der Waals surface area (Å²) in [4.78, 5) is 34.3. The third kappa shape index (κ3) is 9.45. The molecule has 0 bridgehead atoms. The third-order valence-corrected chi connectivity index (χ3v) is 7.78. The van der Waals surface area contributed by atoms with Crippen LogP contribution in [0.25, 0.3) is 11.1 Å². The van der Waals surface area contributed by atoms with E-state index in [4.69, 9.17) is 9.47 Å². The molecule has 0 atom stereocenters. The molecule has 244 valence electrons. The molecule has 4 aromatic rings. The molecule has 0 aliphatic heterocycles. The molecule has 1 saturated carbocycles. The van der Waals surface area contributed by atoms with Crippen molar-refractivity contribution in [3.63, 3.8) is 0 Å². The number of carbonyl (C=O) groups excluding carboxylic acids is 2. The van der Waals surface area contributed by atoms with Gasteiger partial charge in [0.2, 0.25) is 5.91 Å². The van der Waals surface area contributed by atoms with E-state index in [1.165, 1.54) is 16.8 Å². The van der Waals surface area contributed by atoms with Crippen molar-refractivity contribution in [3.8, 4) is 23.0 Å². The summed E-state index contributed by atoms with van der Waals surface area (Å²) in [6.07, 6.45) is 5.13. The summed E-state index contributed by atoms with van der Waals surface area (Å²) in [5.41, 5.74) is 4.26. The van der Waals surface area contributed by atoms with E-state index in [2.05, 4.69) is 42.9 Å². The van der Waals surface area contributed by atoms with Gasteiger partial charge in [-0.15, -0.1) is 0 Å². The van der Waals surface area contributed by atoms with Gasteiger partial charge in [0.05, 0.1) is 18.4 Å². The van der Waals surface area contributed by atoms with Gasteiger partial charge in [-0.3, -0.25) is 4.79 Å². The second kappa shape index (κ2) is 15.9. The van der Waals surface area contributed by atoms with Gasteiger partial charge in [-0.2, -0.15) is 9.78 Å². The summed E-state index contributed by atoms with van der Waals surface area (Å²) in [5.74, 6) is 6.51. The fourth-order valence-electron chi connectivity index (χ4n) is 5.36. The van der Waals surface area contributed by atoms with Crippen LogP contribution in [0.3, 0.4) is 0 Å². The van der Waals surface area contributed by atoms with Crippen molar-refractivity contribution >= 4 is 29.3 Å². The second-order valence-corrected chi connectivity index (χ2v) is 11.3. The number of hydrogen-bond donors (Lipinski definition) is 3. The first-order valence-electron chi connectivity index (χ1n) is 15.5. The molecule has 3 aromatic heterocycles. The molecule has 0 saturated heterocycles. The van der Waals surface area contributed by atoms with Crippen molar-refractivity contribution in [1.29, 1.82) is 0 Å². The Labute approximate surface area is 273 Å². The average Bonchev–Trinajstić information content (AvgIpc) is 3.42. The molecule has 1 aliphatic carbocycles. The standard InChI is InChI=1S/C35H38FN7O4/c1-23-19-24(2)43(42-23)35(45)38-16-18-47-17-4-5-30-20-27(22-33(40-30)39-29-10-8-28(36)9-11-29)26-14-15-37-32(21-26)41-34(44)25-6-12-31(46-3)13-7-25/h8-11,14-15,19-22,25,31H,6-7,12-13,16-18H2,1-3H3,(H,38,45)(H,39,40)(H,37,41,44)/t25-,31+. The molecule has 47 heavy (non-hydrogen) atoms. The topological polar surface area (TPSA) is 132 Å². The molecule has 1 aromatic carbocycles. The summed E-state index contributed by atoms with van der Waals surface area (Å²) in [5, 5.41) is 13.1. The maximum Gasteiger partial charge on any atom is 0.342 e. The molecule has 1 fully saturated rings. The van der Waals surface area contributed by atoms with Crippen LogP contribution in [0.1, 0.15) is 42.8 Å². The summed E-state index contributed by atoms with van der Waals surface area (Å²) < 4.78 is 25.8. The number of nitrogens with one attached hydrogen (secondary N) is 3. The second-order valence-electron chi connectivity index (χ2n) is 11.3. The highest BCUT2D eigenvalue weighted by molar-refractivity contribution is 5.92. The average molecular weight is 640 g/mol. The van der Waals surface area contributed by atoms with Gasteiger partial charge in [-0.05, 0) is 111 Å². The minimum atomic E-state index is -0.340. The highest BCUT2D eigenvalue weighted by atomic mass is 19.1. The Morgan fingerprint density at radius 2 is 1.77 bits per heavy atom. The molecular weight excluding hydrogens is 601 g/mol. The van der Waals surface area contributed by atoms with Crippen molar-refractivity contribution in [3.05, 3.63) is 83.7 Å². The zero-order valence-electron chi connectivity index (χ0n) is 26.7. The van der Waals surface area contributed by atoms with Gasteiger partial charge in [0.1, 0.15) is 29.8 Å². The Balaban J connectivity index is 1.25. The quantitative estimate of drug-likeness (QED) is 0.151. The fraction of sp³-hybridized carbons (Fsp3) is 0.343. The summed E-state index contributed by atoms with van der Waals surface area (Å²) in [6, 6.07) is 14.8. The number of ether oxygens (including phenoxy) is 2. The van der Waals surface area contributed by atoms with Crippen LogP contribution >= 0.6 is 0 Å². The number of aryl methyl sites for hydroxylation is 2. The molecule has 5 rings (SSSR count). The summed E-state index contributed by atoms with van der Waals surface area (Å²) in [7, 11) is 1.71. The smallest absolute Gasteiger partial charge is 0.342 e. The number of pyridine rings is 2. The van der Waals surface area contributed by atoms with Crippen molar-refractivity contribution in [2.75, 3.05) is 37.5 Å². The zero-order valence-corrected chi connectivity index (χ0v) is 26.7. The molecule has 1 aliphatic rings. The lowest BCUT2D eigenvalue weighted by molar-refractivity contribution is -0.121. The number of benzene rings is 1. The SMILES string of the molecule is CO[C@H]1CC[C@@H](C(=O)Nc2cc(-c3cc(C#CCOCCNC(=O)n4nc(C)cc4C)nc(Nc4ccc(F)cc4)c3)ccn2)CC1. The lowest BCUT2D eigenvalue weighted by Gasteiger charge is -2.26. The Kier molecular flexibility index (Phi) is 11.3. The Morgan fingerprint density at radius 1 is 1.00 bits per heavy atom. The molecule has 11 nitrogen and oxygen atoms in total. The molecule has 0 unspecified atom stereocenters. The predicted molar refractivity (Wildman–Crippen MR) is 177 cm³/mol. The number of hydrogen-bond acceptors (Lipinski definition) is 8. The predicted octanol–water partition coefficient (Wildman–Crippen LogP) is 5.61. The first-order chi connectivity index (χ1) is 22.8. The first-order valence-corrected chi connectivity index (χ1v) is 15.5. The maximum absolute atomic E-state index is 13.5. The number of anilines is 3. The van der Waals surface area contributed by atoms with E-state index in [0.717, 1.165) is 48.2 Å². The molecule has 0 radical (unpaired) electrons. The van der Waals surface area contributed by atoms with Gasteiger partial charge >= 0.3 is 6.03 Å².